The number of aromatic nitrogens is 1. The first kappa shape index (κ1) is 13.7. The first-order valence-corrected chi connectivity index (χ1v) is 6.55. The summed E-state index contributed by atoms with van der Waals surface area (Å²) in [6, 6.07) is 5.02. The molecule has 0 saturated heterocycles. The largest absolute Gasteiger partial charge is 0.494 e. The van der Waals surface area contributed by atoms with Crippen LogP contribution in [-0.4, -0.2) is 11.5 Å². The topological polar surface area (TPSA) is 77.9 Å². The van der Waals surface area contributed by atoms with Crippen LogP contribution in [0.1, 0.15) is 5.56 Å². The second-order valence-electron chi connectivity index (χ2n) is 3.45. The highest BCUT2D eigenvalue weighted by atomic mass is 35.5. The molecule has 1 heterocycles. The van der Waals surface area contributed by atoms with E-state index >= 15 is 0 Å². The lowest BCUT2D eigenvalue weighted by atomic mass is 10.3. The van der Waals surface area contributed by atoms with Crippen molar-refractivity contribution in [2.75, 3.05) is 12.4 Å². The number of rotatable bonds is 3. The molecule has 0 unspecified atom stereocenters. The second-order valence-corrected chi connectivity index (χ2v) is 5.08. The predicted molar refractivity (Wildman–Crippen MR) is 76.0 cm³/mol. The summed E-state index contributed by atoms with van der Waals surface area (Å²) < 4.78 is 7.50. The van der Waals surface area contributed by atoms with Gasteiger partial charge < -0.3 is 10.1 Å². The minimum Gasteiger partial charge on any atom is -0.494 e. The van der Waals surface area contributed by atoms with E-state index in [0.29, 0.717) is 26.5 Å². The van der Waals surface area contributed by atoms with E-state index in [1.807, 2.05) is 6.07 Å². The third-order valence-electron chi connectivity index (χ3n) is 2.27. The summed E-state index contributed by atoms with van der Waals surface area (Å²) in [7, 11) is 1.46. The fourth-order valence-electron chi connectivity index (χ4n) is 1.45. The van der Waals surface area contributed by atoms with Crippen molar-refractivity contribution in [2.45, 2.75) is 0 Å². The van der Waals surface area contributed by atoms with Crippen molar-refractivity contribution in [3.63, 3.8) is 0 Å². The Kier molecular flexibility index (Phi) is 4.00. The Morgan fingerprint density at radius 2 is 2.05 bits per heavy atom. The number of H-pyrrole nitrogens is 1. The van der Waals surface area contributed by atoms with E-state index in [-0.39, 0.29) is 5.56 Å². The van der Waals surface area contributed by atoms with Gasteiger partial charge in [-0.3, -0.25) is 9.17 Å². The number of hydrogen-bond donors (Lipinski definition) is 2. The minimum absolute atomic E-state index is 0.0214. The molecule has 1 aromatic heterocycles. The van der Waals surface area contributed by atoms with Crippen LogP contribution in [0.2, 0.25) is 10.0 Å². The van der Waals surface area contributed by atoms with Gasteiger partial charge in [0.05, 0.1) is 17.2 Å². The Balaban J connectivity index is 2.40. The quantitative estimate of drug-likeness (QED) is 0.910. The maximum absolute atomic E-state index is 11.3. The van der Waals surface area contributed by atoms with E-state index in [4.69, 9.17) is 33.2 Å². The lowest BCUT2D eigenvalue weighted by Crippen LogP contribution is -2.02. The molecule has 2 N–H and O–H groups in total. The van der Waals surface area contributed by atoms with E-state index in [2.05, 4.69) is 9.69 Å². The number of nitrogens with one attached hydrogen (secondary N) is 2. The predicted octanol–water partition coefficient (Wildman–Crippen LogP) is 3.37. The second kappa shape index (κ2) is 5.53. The highest BCUT2D eigenvalue weighted by Gasteiger charge is 2.13. The normalized spacial score (nSPS) is 10.0. The van der Waals surface area contributed by atoms with Crippen molar-refractivity contribution < 1.29 is 4.74 Å². The molecule has 0 fully saturated rings. The number of anilines is 2. The monoisotopic (exact) mass is 315 g/mol. The number of halogens is 2. The number of methoxy groups -OCH3 is 1. The SMILES string of the molecule is COc1c(Cl)cc(Nc2s[nH]c(=O)c2C#N)cc1Cl. The molecular weight excluding hydrogens is 309 g/mol. The van der Waals surface area contributed by atoms with Crippen molar-refractivity contribution in [1.29, 1.82) is 5.26 Å². The molecule has 19 heavy (non-hydrogen) atoms. The molecule has 1 aromatic carbocycles. The van der Waals surface area contributed by atoms with Crippen LogP contribution >= 0.6 is 34.7 Å². The fraction of sp³-hybridized carbons (Fsp3) is 0.0909. The van der Waals surface area contributed by atoms with Crippen LogP contribution in [0.4, 0.5) is 10.7 Å². The Morgan fingerprint density at radius 3 is 2.58 bits per heavy atom. The van der Waals surface area contributed by atoms with Gasteiger partial charge in [0.15, 0.2) is 11.3 Å². The number of nitriles is 1. The van der Waals surface area contributed by atoms with Crippen LogP contribution in [0, 0.1) is 11.3 Å². The molecule has 5 nitrogen and oxygen atoms in total. The zero-order valence-electron chi connectivity index (χ0n) is 9.58. The standard InChI is InChI=1S/C11H7Cl2N3O2S/c1-18-9-7(12)2-5(3-8(9)13)15-11-6(4-14)10(17)16-19-11/h2-3,15H,1H3,(H,16,17). The molecule has 0 aliphatic rings. The zero-order chi connectivity index (χ0) is 14.0. The molecule has 2 aromatic rings. The summed E-state index contributed by atoms with van der Waals surface area (Å²) >= 11 is 13.0. The molecular formula is C11H7Cl2N3O2S. The van der Waals surface area contributed by atoms with Gasteiger partial charge in [0.1, 0.15) is 11.1 Å². The summed E-state index contributed by atoms with van der Waals surface area (Å²) in [5.74, 6) is 0.372. The van der Waals surface area contributed by atoms with E-state index in [0.717, 1.165) is 11.5 Å². The Labute approximate surface area is 122 Å². The van der Waals surface area contributed by atoms with Crippen molar-refractivity contribution in [1.82, 2.24) is 4.37 Å². The van der Waals surface area contributed by atoms with Crippen LogP contribution in [0.3, 0.4) is 0 Å². The van der Waals surface area contributed by atoms with Gasteiger partial charge in [0, 0.05) is 5.69 Å². The van der Waals surface area contributed by atoms with Crippen LogP contribution < -0.4 is 15.6 Å². The molecule has 0 atom stereocenters. The maximum atomic E-state index is 11.3. The molecule has 0 aliphatic heterocycles. The lowest BCUT2D eigenvalue weighted by Gasteiger charge is -2.09. The first-order chi connectivity index (χ1) is 9.06. The molecule has 0 spiro atoms. The third-order valence-corrected chi connectivity index (χ3v) is 3.63. The zero-order valence-corrected chi connectivity index (χ0v) is 11.9. The summed E-state index contributed by atoms with van der Waals surface area (Å²) in [6.07, 6.45) is 0. The average molecular weight is 316 g/mol. The molecule has 0 bridgehead atoms. The van der Waals surface area contributed by atoms with Crippen LogP contribution in [0.5, 0.6) is 5.75 Å². The highest BCUT2D eigenvalue weighted by molar-refractivity contribution is 7.10. The summed E-state index contributed by atoms with van der Waals surface area (Å²) in [6.45, 7) is 0. The van der Waals surface area contributed by atoms with Crippen LogP contribution in [0.25, 0.3) is 0 Å². The molecule has 8 heteroatoms. The fourth-order valence-corrected chi connectivity index (χ4v) is 2.80. The van der Waals surface area contributed by atoms with E-state index in [1.165, 1.54) is 7.11 Å². The molecule has 2 rings (SSSR count). The summed E-state index contributed by atoms with van der Waals surface area (Å²) in [5.41, 5.74) is 0.149. The summed E-state index contributed by atoms with van der Waals surface area (Å²) in [5, 5.41) is 12.9. The number of nitrogens with zero attached hydrogens (tertiary/aromatic N) is 1. The number of ether oxygens (including phenoxy) is 1. The van der Waals surface area contributed by atoms with Gasteiger partial charge in [0.25, 0.3) is 5.56 Å². The van der Waals surface area contributed by atoms with Crippen LogP contribution in [0.15, 0.2) is 16.9 Å². The van der Waals surface area contributed by atoms with Gasteiger partial charge >= 0.3 is 0 Å². The van der Waals surface area contributed by atoms with E-state index < -0.39 is 5.56 Å². The van der Waals surface area contributed by atoms with Crippen LogP contribution in [-0.2, 0) is 0 Å². The minimum atomic E-state index is -0.430. The first-order valence-electron chi connectivity index (χ1n) is 4.98. The molecule has 0 radical (unpaired) electrons. The Morgan fingerprint density at radius 1 is 1.42 bits per heavy atom. The Bertz CT molecular complexity index is 694. The summed E-state index contributed by atoms with van der Waals surface area (Å²) in [4.78, 5) is 11.3. The number of aromatic amines is 1. The van der Waals surface area contributed by atoms with E-state index in [1.54, 1.807) is 12.1 Å². The van der Waals surface area contributed by atoms with Crippen molar-refractivity contribution >= 4 is 45.4 Å². The molecule has 0 saturated carbocycles. The van der Waals surface area contributed by atoms with Crippen molar-refractivity contribution in [3.05, 3.63) is 38.1 Å². The van der Waals surface area contributed by atoms with Gasteiger partial charge in [-0.2, -0.15) is 5.26 Å². The lowest BCUT2D eigenvalue weighted by molar-refractivity contribution is 0.415. The molecule has 98 valence electrons. The van der Waals surface area contributed by atoms with Gasteiger partial charge in [-0.25, -0.2) is 0 Å². The number of benzene rings is 1. The number of hydrogen-bond acceptors (Lipinski definition) is 5. The highest BCUT2D eigenvalue weighted by Crippen LogP contribution is 2.36. The van der Waals surface area contributed by atoms with Gasteiger partial charge in [-0.1, -0.05) is 23.2 Å². The van der Waals surface area contributed by atoms with E-state index in [9.17, 15) is 4.79 Å². The maximum Gasteiger partial charge on any atom is 0.278 e. The van der Waals surface area contributed by atoms with Crippen molar-refractivity contribution in [2.24, 2.45) is 0 Å². The average Bonchev–Trinajstić information content (AvgIpc) is 2.69. The van der Waals surface area contributed by atoms with Gasteiger partial charge in [-0.05, 0) is 23.7 Å². The molecule has 0 aliphatic carbocycles. The smallest absolute Gasteiger partial charge is 0.278 e. The Hall–Kier alpha value is -1.68. The third kappa shape index (κ3) is 2.68. The van der Waals surface area contributed by atoms with Crippen molar-refractivity contribution in [3.8, 4) is 11.8 Å². The van der Waals surface area contributed by atoms with Gasteiger partial charge in [0.2, 0.25) is 0 Å². The van der Waals surface area contributed by atoms with Gasteiger partial charge in [-0.15, -0.1) is 0 Å². The molecule has 0 amide bonds.